The van der Waals surface area contributed by atoms with Crippen LogP contribution in [0, 0.1) is 0 Å². The van der Waals surface area contributed by atoms with Gasteiger partial charge in [0, 0.05) is 18.2 Å². The van der Waals surface area contributed by atoms with Crippen molar-refractivity contribution < 1.29 is 9.84 Å². The fourth-order valence-electron chi connectivity index (χ4n) is 2.61. The first kappa shape index (κ1) is 13.9. The van der Waals surface area contributed by atoms with Crippen molar-refractivity contribution in [2.45, 2.75) is 77.2 Å². The molecule has 3 atom stereocenters. The van der Waals surface area contributed by atoms with E-state index in [1.54, 1.807) is 0 Å². The minimum atomic E-state index is 0.0657. The Balaban J connectivity index is 2.50. The maximum atomic E-state index is 9.10. The molecule has 0 radical (unpaired) electrons. The fraction of sp³-hybridized carbons (Fsp3) is 1.00. The highest BCUT2D eigenvalue weighted by atomic mass is 16.5. The van der Waals surface area contributed by atoms with Crippen molar-refractivity contribution >= 4 is 0 Å². The lowest BCUT2D eigenvalue weighted by Gasteiger charge is -2.39. The lowest BCUT2D eigenvalue weighted by atomic mass is 9.90. The van der Waals surface area contributed by atoms with Gasteiger partial charge in [0.05, 0.1) is 12.2 Å². The van der Waals surface area contributed by atoms with Crippen molar-refractivity contribution in [2.75, 3.05) is 6.61 Å². The zero-order chi connectivity index (χ0) is 12.2. The highest BCUT2D eigenvalue weighted by molar-refractivity contribution is 4.88. The first-order valence-electron chi connectivity index (χ1n) is 6.53. The molecule has 3 unspecified atom stereocenters. The molecule has 1 heterocycles. The monoisotopic (exact) mass is 229 g/mol. The third-order valence-electron chi connectivity index (χ3n) is 3.69. The molecule has 1 aliphatic rings. The van der Waals surface area contributed by atoms with Gasteiger partial charge in [-0.05, 0) is 46.5 Å². The summed E-state index contributed by atoms with van der Waals surface area (Å²) in [7, 11) is 0. The molecule has 0 aromatic carbocycles. The summed E-state index contributed by atoms with van der Waals surface area (Å²) in [5, 5.41) is 12.8. The lowest BCUT2D eigenvalue weighted by Crippen LogP contribution is -2.52. The summed E-state index contributed by atoms with van der Waals surface area (Å²) in [6, 6.07) is 0.523. The molecular formula is C13H27NO2. The number of aliphatic hydroxyl groups excluding tert-OH is 1. The normalized spacial score (nSPS) is 34.7. The first-order chi connectivity index (χ1) is 7.49. The summed E-state index contributed by atoms with van der Waals surface area (Å²) in [6.45, 7) is 8.91. The molecule has 1 rings (SSSR count). The number of hydrogen-bond donors (Lipinski definition) is 2. The van der Waals surface area contributed by atoms with E-state index in [0.29, 0.717) is 18.2 Å². The average molecular weight is 229 g/mol. The van der Waals surface area contributed by atoms with E-state index >= 15 is 0 Å². The summed E-state index contributed by atoms with van der Waals surface area (Å²) >= 11 is 0. The lowest BCUT2D eigenvalue weighted by molar-refractivity contribution is -0.0468. The predicted molar refractivity (Wildman–Crippen MR) is 66.6 cm³/mol. The summed E-state index contributed by atoms with van der Waals surface area (Å²) in [6.07, 6.45) is 4.71. The second kappa shape index (κ2) is 5.99. The van der Waals surface area contributed by atoms with Crippen LogP contribution in [0.15, 0.2) is 0 Å². The van der Waals surface area contributed by atoms with Crippen LogP contribution in [0.4, 0.5) is 0 Å². The van der Waals surface area contributed by atoms with Gasteiger partial charge in [0.1, 0.15) is 0 Å². The topological polar surface area (TPSA) is 41.5 Å². The van der Waals surface area contributed by atoms with Crippen LogP contribution in [0.1, 0.15) is 53.4 Å². The molecule has 3 heteroatoms. The molecule has 0 aromatic rings. The largest absolute Gasteiger partial charge is 0.396 e. The Labute approximate surface area is 99.6 Å². The number of rotatable bonds is 5. The van der Waals surface area contributed by atoms with Gasteiger partial charge in [-0.1, -0.05) is 6.92 Å². The Morgan fingerprint density at radius 3 is 2.31 bits per heavy atom. The van der Waals surface area contributed by atoms with E-state index in [-0.39, 0.29) is 12.1 Å². The second-order valence-electron chi connectivity index (χ2n) is 5.46. The average Bonchev–Trinajstić information content (AvgIpc) is 2.16. The zero-order valence-electron chi connectivity index (χ0n) is 11.1. The van der Waals surface area contributed by atoms with E-state index < -0.39 is 0 Å². The standard InChI is InChI=1S/C13H27NO2/c1-5-13(4,6-7-15)14-12-8-10(2)16-11(3)9-12/h10-12,14-15H,5-9H2,1-4H3. The summed E-state index contributed by atoms with van der Waals surface area (Å²) in [5.41, 5.74) is 0.0657. The smallest absolute Gasteiger partial charge is 0.0565 e. The zero-order valence-corrected chi connectivity index (χ0v) is 11.1. The van der Waals surface area contributed by atoms with Crippen LogP contribution in [0.3, 0.4) is 0 Å². The molecule has 1 aliphatic heterocycles. The van der Waals surface area contributed by atoms with Gasteiger partial charge in [0.15, 0.2) is 0 Å². The van der Waals surface area contributed by atoms with Crippen molar-refractivity contribution in [3.8, 4) is 0 Å². The summed E-state index contributed by atoms with van der Waals surface area (Å²) < 4.78 is 5.74. The van der Waals surface area contributed by atoms with Crippen molar-refractivity contribution in [1.29, 1.82) is 0 Å². The Hall–Kier alpha value is -0.120. The van der Waals surface area contributed by atoms with Gasteiger partial charge in [0.2, 0.25) is 0 Å². The van der Waals surface area contributed by atoms with Crippen LogP contribution in [0.2, 0.25) is 0 Å². The third-order valence-corrected chi connectivity index (χ3v) is 3.69. The third kappa shape index (κ3) is 4.04. The maximum absolute atomic E-state index is 9.10. The molecular weight excluding hydrogens is 202 g/mol. The summed E-state index contributed by atoms with van der Waals surface area (Å²) in [5.74, 6) is 0. The number of aliphatic hydroxyl groups is 1. The van der Waals surface area contributed by atoms with Gasteiger partial charge < -0.3 is 15.2 Å². The van der Waals surface area contributed by atoms with Crippen LogP contribution in [-0.4, -0.2) is 35.5 Å². The SMILES string of the molecule is CCC(C)(CCO)NC1CC(C)OC(C)C1. The molecule has 0 aliphatic carbocycles. The van der Waals surface area contributed by atoms with E-state index in [9.17, 15) is 0 Å². The van der Waals surface area contributed by atoms with Crippen LogP contribution in [0.5, 0.6) is 0 Å². The minimum Gasteiger partial charge on any atom is -0.396 e. The summed E-state index contributed by atoms with van der Waals surface area (Å²) in [4.78, 5) is 0. The van der Waals surface area contributed by atoms with Crippen molar-refractivity contribution in [3.05, 3.63) is 0 Å². The van der Waals surface area contributed by atoms with E-state index in [1.807, 2.05) is 0 Å². The van der Waals surface area contributed by atoms with Crippen LogP contribution < -0.4 is 5.32 Å². The Morgan fingerprint density at radius 1 is 1.31 bits per heavy atom. The number of nitrogens with one attached hydrogen (secondary N) is 1. The molecule has 1 saturated heterocycles. The number of hydrogen-bond acceptors (Lipinski definition) is 3. The molecule has 0 bridgehead atoms. The maximum Gasteiger partial charge on any atom is 0.0565 e. The second-order valence-corrected chi connectivity index (χ2v) is 5.46. The predicted octanol–water partition coefficient (Wildman–Crippen LogP) is 2.08. The van der Waals surface area contributed by atoms with E-state index in [2.05, 4.69) is 33.0 Å². The van der Waals surface area contributed by atoms with E-state index in [4.69, 9.17) is 9.84 Å². The number of ether oxygens (including phenoxy) is 1. The quantitative estimate of drug-likeness (QED) is 0.758. The van der Waals surface area contributed by atoms with E-state index in [1.165, 1.54) is 0 Å². The fourth-order valence-corrected chi connectivity index (χ4v) is 2.61. The van der Waals surface area contributed by atoms with Gasteiger partial charge in [-0.2, -0.15) is 0 Å². The molecule has 96 valence electrons. The van der Waals surface area contributed by atoms with E-state index in [0.717, 1.165) is 25.7 Å². The van der Waals surface area contributed by atoms with Gasteiger partial charge in [-0.3, -0.25) is 0 Å². The Bertz CT molecular complexity index is 200. The molecule has 0 saturated carbocycles. The van der Waals surface area contributed by atoms with Crippen LogP contribution in [0.25, 0.3) is 0 Å². The van der Waals surface area contributed by atoms with Crippen molar-refractivity contribution in [2.24, 2.45) is 0 Å². The van der Waals surface area contributed by atoms with Crippen molar-refractivity contribution in [3.63, 3.8) is 0 Å². The van der Waals surface area contributed by atoms with Crippen molar-refractivity contribution in [1.82, 2.24) is 5.32 Å². The highest BCUT2D eigenvalue weighted by Crippen LogP contribution is 2.23. The molecule has 16 heavy (non-hydrogen) atoms. The van der Waals surface area contributed by atoms with Gasteiger partial charge in [-0.15, -0.1) is 0 Å². The highest BCUT2D eigenvalue weighted by Gasteiger charge is 2.30. The van der Waals surface area contributed by atoms with Gasteiger partial charge in [0.25, 0.3) is 0 Å². The molecule has 3 nitrogen and oxygen atoms in total. The first-order valence-corrected chi connectivity index (χ1v) is 6.53. The Morgan fingerprint density at radius 2 is 1.88 bits per heavy atom. The van der Waals surface area contributed by atoms with Gasteiger partial charge in [-0.25, -0.2) is 0 Å². The molecule has 0 aromatic heterocycles. The minimum absolute atomic E-state index is 0.0657. The van der Waals surface area contributed by atoms with Gasteiger partial charge >= 0.3 is 0 Å². The van der Waals surface area contributed by atoms with Crippen LogP contribution in [-0.2, 0) is 4.74 Å². The molecule has 2 N–H and O–H groups in total. The molecule has 0 amide bonds. The Kier molecular flexibility index (Phi) is 5.22. The molecule has 0 spiro atoms. The van der Waals surface area contributed by atoms with Crippen LogP contribution >= 0.6 is 0 Å². The molecule has 1 fully saturated rings.